The van der Waals surface area contributed by atoms with Crippen molar-refractivity contribution in [2.45, 2.75) is 25.9 Å². The molecular weight excluding hydrogens is 241 g/mol. The Morgan fingerprint density at radius 1 is 1.32 bits per heavy atom. The molecule has 0 saturated heterocycles. The summed E-state index contributed by atoms with van der Waals surface area (Å²) in [6.07, 6.45) is 6.68. The monoisotopic (exact) mass is 261 g/mol. The van der Waals surface area contributed by atoms with Gasteiger partial charge in [-0.3, -0.25) is 4.90 Å². The van der Waals surface area contributed by atoms with E-state index in [2.05, 4.69) is 28.4 Å². The summed E-state index contributed by atoms with van der Waals surface area (Å²) < 4.78 is 15.0. The van der Waals surface area contributed by atoms with Crippen molar-refractivity contribution in [1.82, 2.24) is 14.5 Å². The summed E-state index contributed by atoms with van der Waals surface area (Å²) in [5.41, 5.74) is 1.14. The zero-order valence-corrected chi connectivity index (χ0v) is 11.5. The first-order valence-electron chi connectivity index (χ1n) is 6.58. The van der Waals surface area contributed by atoms with Crippen LogP contribution in [-0.2, 0) is 6.54 Å². The Labute approximate surface area is 113 Å². The van der Waals surface area contributed by atoms with Gasteiger partial charge in [0.15, 0.2) is 0 Å². The van der Waals surface area contributed by atoms with Gasteiger partial charge >= 0.3 is 0 Å². The number of imidazole rings is 1. The van der Waals surface area contributed by atoms with Crippen LogP contribution in [0.15, 0.2) is 43.0 Å². The molecule has 0 saturated carbocycles. The Hall–Kier alpha value is -1.68. The van der Waals surface area contributed by atoms with E-state index in [1.54, 1.807) is 6.20 Å². The van der Waals surface area contributed by atoms with Crippen LogP contribution in [0.2, 0.25) is 0 Å². The number of nitrogens with zero attached hydrogens (tertiary/aromatic N) is 3. The first kappa shape index (κ1) is 13.7. The third kappa shape index (κ3) is 3.89. The first-order valence-corrected chi connectivity index (χ1v) is 6.58. The van der Waals surface area contributed by atoms with Crippen LogP contribution in [0.4, 0.5) is 4.39 Å². The van der Waals surface area contributed by atoms with Crippen molar-refractivity contribution in [3.8, 4) is 0 Å². The van der Waals surface area contributed by atoms with E-state index in [0.717, 1.165) is 25.1 Å². The maximum absolute atomic E-state index is 12.9. The van der Waals surface area contributed by atoms with E-state index < -0.39 is 0 Å². The standard InChI is InChI=1S/C15H20FN3/c1-13(14-4-6-15(16)7-5-14)18(2)9-3-10-19-11-8-17-12-19/h4-8,11-13H,3,9-10H2,1-2H3/t13-/m0/s1. The fourth-order valence-corrected chi connectivity index (χ4v) is 2.11. The van der Waals surface area contributed by atoms with Crippen LogP contribution in [-0.4, -0.2) is 28.0 Å². The molecule has 0 aliphatic carbocycles. The van der Waals surface area contributed by atoms with Gasteiger partial charge in [0.1, 0.15) is 5.82 Å². The van der Waals surface area contributed by atoms with Crippen LogP contribution in [0.5, 0.6) is 0 Å². The number of aryl methyl sites for hydroxylation is 1. The molecule has 2 aromatic rings. The van der Waals surface area contributed by atoms with Gasteiger partial charge in [-0.15, -0.1) is 0 Å². The molecule has 19 heavy (non-hydrogen) atoms. The zero-order valence-electron chi connectivity index (χ0n) is 11.5. The third-order valence-corrected chi connectivity index (χ3v) is 3.50. The SMILES string of the molecule is C[C@@H](c1ccc(F)cc1)N(C)CCCn1ccnc1. The molecule has 1 atom stereocenters. The highest BCUT2D eigenvalue weighted by atomic mass is 19.1. The average molecular weight is 261 g/mol. The predicted molar refractivity (Wildman–Crippen MR) is 74.3 cm³/mol. The lowest BCUT2D eigenvalue weighted by atomic mass is 10.1. The number of benzene rings is 1. The zero-order chi connectivity index (χ0) is 13.7. The molecule has 0 N–H and O–H groups in total. The molecule has 0 fully saturated rings. The maximum atomic E-state index is 12.9. The minimum atomic E-state index is -0.182. The van der Waals surface area contributed by atoms with E-state index in [1.807, 2.05) is 24.7 Å². The molecule has 1 aromatic carbocycles. The van der Waals surface area contributed by atoms with Crippen LogP contribution >= 0.6 is 0 Å². The fraction of sp³-hybridized carbons (Fsp3) is 0.400. The second-order valence-electron chi connectivity index (χ2n) is 4.86. The van der Waals surface area contributed by atoms with Gasteiger partial charge in [0.2, 0.25) is 0 Å². The van der Waals surface area contributed by atoms with Gasteiger partial charge in [0, 0.05) is 31.5 Å². The summed E-state index contributed by atoms with van der Waals surface area (Å²) in [7, 11) is 2.10. The van der Waals surface area contributed by atoms with Gasteiger partial charge in [-0.25, -0.2) is 9.37 Å². The second-order valence-corrected chi connectivity index (χ2v) is 4.86. The van der Waals surface area contributed by atoms with Crippen molar-refractivity contribution < 1.29 is 4.39 Å². The molecule has 2 rings (SSSR count). The molecule has 0 radical (unpaired) electrons. The summed E-state index contributed by atoms with van der Waals surface area (Å²) in [5, 5.41) is 0. The van der Waals surface area contributed by atoms with Crippen molar-refractivity contribution in [3.63, 3.8) is 0 Å². The van der Waals surface area contributed by atoms with Crippen molar-refractivity contribution >= 4 is 0 Å². The van der Waals surface area contributed by atoms with Crippen molar-refractivity contribution in [3.05, 3.63) is 54.4 Å². The minimum Gasteiger partial charge on any atom is -0.337 e. The van der Waals surface area contributed by atoms with E-state index in [1.165, 1.54) is 12.1 Å². The highest BCUT2D eigenvalue weighted by Crippen LogP contribution is 2.19. The largest absolute Gasteiger partial charge is 0.337 e. The normalized spacial score (nSPS) is 12.8. The number of rotatable bonds is 6. The summed E-state index contributed by atoms with van der Waals surface area (Å²) in [5.74, 6) is -0.182. The van der Waals surface area contributed by atoms with E-state index >= 15 is 0 Å². The van der Waals surface area contributed by atoms with Crippen LogP contribution < -0.4 is 0 Å². The number of hydrogen-bond acceptors (Lipinski definition) is 2. The summed E-state index contributed by atoms with van der Waals surface area (Å²) >= 11 is 0. The van der Waals surface area contributed by atoms with E-state index in [-0.39, 0.29) is 5.82 Å². The Balaban J connectivity index is 1.82. The number of hydrogen-bond donors (Lipinski definition) is 0. The lowest BCUT2D eigenvalue weighted by Gasteiger charge is -2.25. The topological polar surface area (TPSA) is 21.1 Å². The number of aromatic nitrogens is 2. The predicted octanol–water partition coefficient (Wildman–Crippen LogP) is 3.11. The smallest absolute Gasteiger partial charge is 0.123 e. The summed E-state index contributed by atoms with van der Waals surface area (Å²) in [6.45, 7) is 4.11. The van der Waals surface area contributed by atoms with E-state index in [4.69, 9.17) is 0 Å². The summed E-state index contributed by atoms with van der Waals surface area (Å²) in [6, 6.07) is 7.04. The Morgan fingerprint density at radius 3 is 2.68 bits per heavy atom. The molecule has 0 amide bonds. The van der Waals surface area contributed by atoms with E-state index in [0.29, 0.717) is 6.04 Å². The molecule has 1 aromatic heterocycles. The third-order valence-electron chi connectivity index (χ3n) is 3.50. The molecule has 0 aliphatic heterocycles. The highest BCUT2D eigenvalue weighted by molar-refractivity contribution is 5.19. The molecular formula is C15H20FN3. The number of halogens is 1. The van der Waals surface area contributed by atoms with Gasteiger partial charge in [-0.05, 0) is 38.1 Å². The molecule has 0 spiro atoms. The quantitative estimate of drug-likeness (QED) is 0.796. The van der Waals surface area contributed by atoms with Gasteiger partial charge in [0.25, 0.3) is 0 Å². The highest BCUT2D eigenvalue weighted by Gasteiger charge is 2.11. The molecule has 4 heteroatoms. The van der Waals surface area contributed by atoms with Gasteiger partial charge in [-0.2, -0.15) is 0 Å². The molecule has 0 bridgehead atoms. The van der Waals surface area contributed by atoms with E-state index in [9.17, 15) is 4.39 Å². The Morgan fingerprint density at radius 2 is 2.05 bits per heavy atom. The van der Waals surface area contributed by atoms with Crippen LogP contribution in [0, 0.1) is 5.82 Å². The maximum Gasteiger partial charge on any atom is 0.123 e. The van der Waals surface area contributed by atoms with Crippen LogP contribution in [0.25, 0.3) is 0 Å². The lowest BCUT2D eigenvalue weighted by molar-refractivity contribution is 0.253. The molecule has 1 heterocycles. The fourth-order valence-electron chi connectivity index (χ4n) is 2.11. The molecule has 0 aliphatic rings. The molecule has 102 valence electrons. The van der Waals surface area contributed by atoms with Crippen LogP contribution in [0.1, 0.15) is 24.9 Å². The lowest BCUT2D eigenvalue weighted by Crippen LogP contribution is -2.24. The molecule has 3 nitrogen and oxygen atoms in total. The second kappa shape index (κ2) is 6.48. The summed E-state index contributed by atoms with van der Waals surface area (Å²) in [4.78, 5) is 6.31. The first-order chi connectivity index (χ1) is 9.16. The van der Waals surface area contributed by atoms with Gasteiger partial charge < -0.3 is 4.57 Å². The van der Waals surface area contributed by atoms with Gasteiger partial charge in [-0.1, -0.05) is 12.1 Å². The van der Waals surface area contributed by atoms with Crippen molar-refractivity contribution in [1.29, 1.82) is 0 Å². The Kier molecular flexibility index (Phi) is 4.68. The van der Waals surface area contributed by atoms with Crippen LogP contribution in [0.3, 0.4) is 0 Å². The van der Waals surface area contributed by atoms with Crippen molar-refractivity contribution in [2.24, 2.45) is 0 Å². The average Bonchev–Trinajstić information content (AvgIpc) is 2.92. The molecule has 0 unspecified atom stereocenters. The minimum absolute atomic E-state index is 0.182. The van der Waals surface area contributed by atoms with Gasteiger partial charge in [0.05, 0.1) is 6.33 Å². The Bertz CT molecular complexity index is 479. The van der Waals surface area contributed by atoms with Crippen molar-refractivity contribution in [2.75, 3.05) is 13.6 Å².